The Labute approximate surface area is 223 Å². The lowest BCUT2D eigenvalue weighted by Crippen LogP contribution is -2.45. The van der Waals surface area contributed by atoms with Crippen LogP contribution < -0.4 is 0 Å². The summed E-state index contributed by atoms with van der Waals surface area (Å²) >= 11 is 0. The lowest BCUT2D eigenvalue weighted by Gasteiger charge is -2.34. The Morgan fingerprint density at radius 1 is 0.703 bits per heavy atom. The molecular formula is C32H49F2NO2. The first kappa shape index (κ1) is 31.4. The maximum Gasteiger partial charge on any atom is 0.273 e. The maximum atomic E-state index is 14.7. The minimum Gasteiger partial charge on any atom is -0.391 e. The number of nitrogens with zero attached hydrogens (tertiary/aromatic N) is 1. The van der Waals surface area contributed by atoms with Crippen LogP contribution in [0.4, 0.5) is 8.78 Å². The van der Waals surface area contributed by atoms with E-state index in [2.05, 4.69) is 11.8 Å². The summed E-state index contributed by atoms with van der Waals surface area (Å²) in [7, 11) is 0. The van der Waals surface area contributed by atoms with Gasteiger partial charge >= 0.3 is 0 Å². The van der Waals surface area contributed by atoms with Crippen LogP contribution in [0.3, 0.4) is 0 Å². The van der Waals surface area contributed by atoms with Gasteiger partial charge in [0.25, 0.3) is 5.92 Å². The number of unbranched alkanes of at least 4 members (excludes halogenated alkanes) is 9. The van der Waals surface area contributed by atoms with Crippen molar-refractivity contribution in [2.24, 2.45) is 0 Å². The van der Waals surface area contributed by atoms with Crippen molar-refractivity contribution in [2.75, 3.05) is 0 Å². The summed E-state index contributed by atoms with van der Waals surface area (Å²) in [6, 6.07) is 19.5. The van der Waals surface area contributed by atoms with Crippen molar-refractivity contribution in [1.29, 1.82) is 0 Å². The molecule has 3 atom stereocenters. The van der Waals surface area contributed by atoms with Crippen LogP contribution in [0, 0.1) is 0 Å². The third-order valence-electron chi connectivity index (χ3n) is 7.41. The second-order valence-electron chi connectivity index (χ2n) is 10.6. The standard InChI is InChI=1S/C32H49F2NO2/c1-3-4-5-6-7-8-9-10-11-18-23-32(33,34)31(37)24-30(36)27(2)35(25-28-19-14-12-15-20-28)26-29-21-16-13-17-22-29/h12-17,19-22,27,30-31,36-37H,3-11,18,23-26H2,1-2H3/t27-,30?,31?/m0/s1. The molecule has 37 heavy (non-hydrogen) atoms. The highest BCUT2D eigenvalue weighted by atomic mass is 19.3. The van der Waals surface area contributed by atoms with Crippen molar-refractivity contribution in [1.82, 2.24) is 4.90 Å². The topological polar surface area (TPSA) is 43.7 Å². The SMILES string of the molecule is CCCCCCCCCCCCC(F)(F)C(O)CC(O)[C@H](C)N(Cc1ccccc1)Cc1ccccc1. The molecule has 3 nitrogen and oxygen atoms in total. The quantitative estimate of drug-likeness (QED) is 0.174. The van der Waals surface area contributed by atoms with E-state index in [-0.39, 0.29) is 12.8 Å². The number of hydrogen-bond acceptors (Lipinski definition) is 3. The van der Waals surface area contributed by atoms with Gasteiger partial charge in [-0.05, 0) is 24.5 Å². The first-order chi connectivity index (χ1) is 17.8. The second-order valence-corrected chi connectivity index (χ2v) is 10.6. The summed E-state index contributed by atoms with van der Waals surface area (Å²) < 4.78 is 29.4. The summed E-state index contributed by atoms with van der Waals surface area (Å²) in [4.78, 5) is 2.09. The van der Waals surface area contributed by atoms with Crippen LogP contribution in [0.5, 0.6) is 0 Å². The van der Waals surface area contributed by atoms with Gasteiger partial charge < -0.3 is 10.2 Å². The molecule has 0 spiro atoms. The van der Waals surface area contributed by atoms with E-state index in [1.54, 1.807) is 0 Å². The Hall–Kier alpha value is -1.82. The number of rotatable bonds is 20. The number of benzene rings is 2. The van der Waals surface area contributed by atoms with Crippen molar-refractivity contribution in [3.63, 3.8) is 0 Å². The summed E-state index contributed by atoms with van der Waals surface area (Å²) in [6.07, 6.45) is 7.15. The highest BCUT2D eigenvalue weighted by Crippen LogP contribution is 2.30. The first-order valence-electron chi connectivity index (χ1n) is 14.4. The average molecular weight is 518 g/mol. The predicted molar refractivity (Wildman–Crippen MR) is 150 cm³/mol. The molecule has 2 aromatic rings. The minimum absolute atomic E-state index is 0.330. The smallest absolute Gasteiger partial charge is 0.273 e. The van der Waals surface area contributed by atoms with Crippen molar-refractivity contribution in [2.45, 2.75) is 128 Å². The van der Waals surface area contributed by atoms with Gasteiger partial charge in [-0.3, -0.25) is 4.90 Å². The van der Waals surface area contributed by atoms with Gasteiger partial charge in [-0.1, -0.05) is 125 Å². The van der Waals surface area contributed by atoms with Crippen LogP contribution in [0.1, 0.15) is 102 Å². The molecular weight excluding hydrogens is 468 g/mol. The Bertz CT molecular complexity index is 777. The Morgan fingerprint density at radius 3 is 1.59 bits per heavy atom. The molecule has 2 rings (SSSR count). The Balaban J connectivity index is 1.81. The molecule has 208 valence electrons. The maximum absolute atomic E-state index is 14.7. The zero-order valence-corrected chi connectivity index (χ0v) is 23.0. The number of aliphatic hydroxyl groups excluding tert-OH is 2. The van der Waals surface area contributed by atoms with Crippen LogP contribution in [0.25, 0.3) is 0 Å². The molecule has 0 bridgehead atoms. The zero-order chi connectivity index (χ0) is 26.9. The van der Waals surface area contributed by atoms with E-state index in [1.165, 1.54) is 38.5 Å². The molecule has 2 N–H and O–H groups in total. The normalized spacial score (nSPS) is 14.6. The summed E-state index contributed by atoms with van der Waals surface area (Å²) in [6.45, 7) is 5.22. The molecule has 0 heterocycles. The van der Waals surface area contributed by atoms with E-state index in [4.69, 9.17) is 0 Å². The lowest BCUT2D eigenvalue weighted by molar-refractivity contribution is -0.132. The van der Waals surface area contributed by atoms with E-state index >= 15 is 0 Å². The number of hydrogen-bond donors (Lipinski definition) is 2. The summed E-state index contributed by atoms with van der Waals surface area (Å²) in [5.41, 5.74) is 2.17. The van der Waals surface area contributed by atoms with Crippen molar-refractivity contribution in [3.05, 3.63) is 71.8 Å². The van der Waals surface area contributed by atoms with Crippen LogP contribution in [0.2, 0.25) is 0 Å². The molecule has 0 aliphatic heterocycles. The van der Waals surface area contributed by atoms with Gasteiger partial charge in [0.15, 0.2) is 0 Å². The fourth-order valence-electron chi connectivity index (χ4n) is 4.84. The van der Waals surface area contributed by atoms with Crippen molar-refractivity contribution >= 4 is 0 Å². The van der Waals surface area contributed by atoms with Gasteiger partial charge in [0.05, 0.1) is 6.10 Å². The van der Waals surface area contributed by atoms with Gasteiger partial charge in [0.2, 0.25) is 0 Å². The average Bonchev–Trinajstić information content (AvgIpc) is 2.90. The Kier molecular flexibility index (Phi) is 15.0. The van der Waals surface area contributed by atoms with E-state index in [0.717, 1.165) is 30.4 Å². The predicted octanol–water partition coefficient (Wildman–Crippen LogP) is 8.14. The highest BCUT2D eigenvalue weighted by Gasteiger charge is 2.40. The molecule has 0 aromatic heterocycles. The molecule has 5 heteroatoms. The molecule has 0 aliphatic rings. The zero-order valence-electron chi connectivity index (χ0n) is 23.0. The highest BCUT2D eigenvalue weighted by molar-refractivity contribution is 5.17. The van der Waals surface area contributed by atoms with Gasteiger partial charge in [-0.25, -0.2) is 8.78 Å². The number of alkyl halides is 2. The summed E-state index contributed by atoms with van der Waals surface area (Å²) in [5, 5.41) is 21.3. The fourth-order valence-corrected chi connectivity index (χ4v) is 4.84. The van der Waals surface area contributed by atoms with E-state index < -0.39 is 24.2 Å². The van der Waals surface area contributed by atoms with E-state index in [0.29, 0.717) is 19.5 Å². The molecule has 0 fully saturated rings. The molecule has 2 unspecified atom stereocenters. The summed E-state index contributed by atoms with van der Waals surface area (Å²) in [5.74, 6) is -3.19. The molecule has 0 saturated carbocycles. The molecule has 0 saturated heterocycles. The number of aliphatic hydroxyl groups is 2. The largest absolute Gasteiger partial charge is 0.391 e. The second kappa shape index (κ2) is 17.6. The van der Waals surface area contributed by atoms with Gasteiger partial charge in [-0.15, -0.1) is 0 Å². The number of halogens is 2. The van der Waals surface area contributed by atoms with Crippen molar-refractivity contribution < 1.29 is 19.0 Å². The molecule has 0 aliphatic carbocycles. The van der Waals surface area contributed by atoms with E-state index in [9.17, 15) is 19.0 Å². The van der Waals surface area contributed by atoms with Gasteiger partial charge in [-0.2, -0.15) is 0 Å². The van der Waals surface area contributed by atoms with Gasteiger partial charge in [0, 0.05) is 32.0 Å². The molecule has 0 radical (unpaired) electrons. The monoisotopic (exact) mass is 517 g/mol. The fraction of sp³-hybridized carbons (Fsp3) is 0.625. The third kappa shape index (κ3) is 12.5. The van der Waals surface area contributed by atoms with Gasteiger partial charge in [0.1, 0.15) is 6.10 Å². The van der Waals surface area contributed by atoms with Crippen molar-refractivity contribution in [3.8, 4) is 0 Å². The minimum atomic E-state index is -3.19. The third-order valence-corrected chi connectivity index (χ3v) is 7.41. The lowest BCUT2D eigenvalue weighted by atomic mass is 9.96. The molecule has 0 amide bonds. The first-order valence-corrected chi connectivity index (χ1v) is 14.4. The molecule has 2 aromatic carbocycles. The Morgan fingerprint density at radius 2 is 1.14 bits per heavy atom. The van der Waals surface area contributed by atoms with Crippen LogP contribution >= 0.6 is 0 Å². The van der Waals surface area contributed by atoms with Crippen LogP contribution in [-0.2, 0) is 13.1 Å². The van der Waals surface area contributed by atoms with Crippen LogP contribution in [-0.4, -0.2) is 39.3 Å². The van der Waals surface area contributed by atoms with E-state index in [1.807, 2.05) is 67.6 Å². The van der Waals surface area contributed by atoms with Crippen LogP contribution in [0.15, 0.2) is 60.7 Å².